The maximum absolute atomic E-state index is 13.2. The predicted molar refractivity (Wildman–Crippen MR) is 105 cm³/mol. The van der Waals surface area contributed by atoms with Crippen LogP contribution in [0.25, 0.3) is 10.9 Å². The van der Waals surface area contributed by atoms with E-state index in [4.69, 9.17) is 9.84 Å². The molecule has 4 rings (SSSR count). The Morgan fingerprint density at radius 3 is 2.61 bits per heavy atom. The zero-order chi connectivity index (χ0) is 19.5. The summed E-state index contributed by atoms with van der Waals surface area (Å²) in [6.45, 7) is 1.79. The smallest absolute Gasteiger partial charge is 0.306 e. The van der Waals surface area contributed by atoms with Crippen LogP contribution in [0.15, 0.2) is 60.8 Å². The molecule has 28 heavy (non-hydrogen) atoms. The van der Waals surface area contributed by atoms with Gasteiger partial charge >= 0.3 is 5.97 Å². The van der Waals surface area contributed by atoms with Crippen LogP contribution in [-0.2, 0) is 16.1 Å². The van der Waals surface area contributed by atoms with E-state index in [0.717, 1.165) is 16.5 Å². The summed E-state index contributed by atoms with van der Waals surface area (Å²) >= 11 is 0. The Kier molecular flexibility index (Phi) is 5.12. The number of carboxylic acid groups (broad SMARTS) is 1. The highest BCUT2D eigenvalue weighted by atomic mass is 16.5. The second-order valence-corrected chi connectivity index (χ2v) is 7.02. The molecule has 2 heterocycles. The summed E-state index contributed by atoms with van der Waals surface area (Å²) in [6, 6.07) is 18.0. The number of hydrogen-bond donors (Lipinski definition) is 1. The number of para-hydroxylation sites is 1. The summed E-state index contributed by atoms with van der Waals surface area (Å²) in [4.78, 5) is 25.9. The highest BCUT2D eigenvalue weighted by Gasteiger charge is 2.28. The lowest BCUT2D eigenvalue weighted by Gasteiger charge is -2.32. The van der Waals surface area contributed by atoms with E-state index in [1.54, 1.807) is 4.90 Å². The number of hydrogen-bond acceptors (Lipinski definition) is 3. The first-order valence-corrected chi connectivity index (χ1v) is 9.36. The van der Waals surface area contributed by atoms with E-state index in [1.165, 1.54) is 0 Å². The number of fused-ring (bicyclic) bond motifs is 1. The van der Waals surface area contributed by atoms with Crippen LogP contribution in [0, 0.1) is 0 Å². The topological polar surface area (TPSA) is 71.8 Å². The summed E-state index contributed by atoms with van der Waals surface area (Å²) in [7, 11) is 0. The molecule has 0 spiro atoms. The molecular formula is C22H22N2O4. The van der Waals surface area contributed by atoms with Crippen molar-refractivity contribution < 1.29 is 19.4 Å². The molecule has 0 unspecified atom stereocenters. The Morgan fingerprint density at radius 1 is 1.07 bits per heavy atom. The molecule has 1 aliphatic rings. The van der Waals surface area contributed by atoms with Crippen molar-refractivity contribution >= 4 is 22.8 Å². The SMILES string of the molecule is O=C(O)C[C@@H]1CN(C(=O)c2cn(Cc3ccccc3)c3ccccc23)CCO1. The molecule has 3 aromatic rings. The van der Waals surface area contributed by atoms with Crippen molar-refractivity contribution in [1.29, 1.82) is 0 Å². The molecule has 0 bridgehead atoms. The van der Waals surface area contributed by atoms with Gasteiger partial charge in [0.05, 0.1) is 24.7 Å². The Morgan fingerprint density at radius 2 is 1.82 bits per heavy atom. The summed E-state index contributed by atoms with van der Waals surface area (Å²) in [6.07, 6.45) is 1.34. The van der Waals surface area contributed by atoms with Crippen molar-refractivity contribution in [3.63, 3.8) is 0 Å². The Balaban J connectivity index is 1.63. The second kappa shape index (κ2) is 7.86. The zero-order valence-electron chi connectivity index (χ0n) is 15.5. The van der Waals surface area contributed by atoms with Gasteiger partial charge in [0.1, 0.15) is 0 Å². The molecule has 1 amide bonds. The number of morpholine rings is 1. The molecule has 6 nitrogen and oxygen atoms in total. The molecule has 1 fully saturated rings. The number of nitrogens with zero attached hydrogens (tertiary/aromatic N) is 2. The van der Waals surface area contributed by atoms with E-state index < -0.39 is 12.1 Å². The Hall–Kier alpha value is -3.12. The second-order valence-electron chi connectivity index (χ2n) is 7.02. The first-order valence-electron chi connectivity index (χ1n) is 9.36. The predicted octanol–water partition coefficient (Wildman–Crippen LogP) is 3.01. The normalized spacial score (nSPS) is 17.0. The number of carbonyl (C=O) groups excluding carboxylic acids is 1. The fourth-order valence-electron chi connectivity index (χ4n) is 3.72. The number of aliphatic carboxylic acids is 1. The summed E-state index contributed by atoms with van der Waals surface area (Å²) in [5.41, 5.74) is 2.81. The molecule has 1 N–H and O–H groups in total. The fraction of sp³-hybridized carbons (Fsp3) is 0.273. The molecule has 1 saturated heterocycles. The van der Waals surface area contributed by atoms with Crippen LogP contribution in [0.4, 0.5) is 0 Å². The molecule has 6 heteroatoms. The quantitative estimate of drug-likeness (QED) is 0.741. The molecule has 0 saturated carbocycles. The molecule has 144 valence electrons. The third kappa shape index (κ3) is 3.77. The standard InChI is InChI=1S/C22H22N2O4/c25-21(26)12-17-14-23(10-11-28-17)22(27)19-15-24(13-16-6-2-1-3-7-16)20-9-5-4-8-18(19)20/h1-9,15,17H,10-14H2,(H,25,26)/t17-/m1/s1. The van der Waals surface area contributed by atoms with E-state index in [2.05, 4.69) is 16.7 Å². The third-order valence-corrected chi connectivity index (χ3v) is 5.04. The maximum atomic E-state index is 13.2. The monoisotopic (exact) mass is 378 g/mol. The molecule has 2 aromatic carbocycles. The van der Waals surface area contributed by atoms with E-state index in [-0.39, 0.29) is 12.3 Å². The molecule has 0 radical (unpaired) electrons. The lowest BCUT2D eigenvalue weighted by atomic mass is 10.1. The van der Waals surface area contributed by atoms with Gasteiger partial charge in [-0.1, -0.05) is 48.5 Å². The van der Waals surface area contributed by atoms with Gasteiger partial charge in [-0.15, -0.1) is 0 Å². The van der Waals surface area contributed by atoms with Crippen molar-refractivity contribution in [1.82, 2.24) is 9.47 Å². The number of amides is 1. The van der Waals surface area contributed by atoms with Crippen molar-refractivity contribution in [2.75, 3.05) is 19.7 Å². The Labute approximate surface area is 162 Å². The molecule has 1 aliphatic heterocycles. The minimum Gasteiger partial charge on any atom is -0.481 e. The van der Waals surface area contributed by atoms with Gasteiger partial charge in [-0.25, -0.2) is 0 Å². The zero-order valence-corrected chi connectivity index (χ0v) is 15.5. The largest absolute Gasteiger partial charge is 0.481 e. The lowest BCUT2D eigenvalue weighted by Crippen LogP contribution is -2.46. The highest BCUT2D eigenvalue weighted by molar-refractivity contribution is 6.07. The summed E-state index contributed by atoms with van der Waals surface area (Å²) in [5.74, 6) is -1.000. The van der Waals surface area contributed by atoms with Gasteiger partial charge in [-0.05, 0) is 11.6 Å². The molecule has 0 aliphatic carbocycles. The number of ether oxygens (including phenoxy) is 1. The average molecular weight is 378 g/mol. The van der Waals surface area contributed by atoms with Crippen LogP contribution >= 0.6 is 0 Å². The summed E-state index contributed by atoms with van der Waals surface area (Å²) in [5, 5.41) is 9.91. The van der Waals surface area contributed by atoms with Crippen LogP contribution in [0.5, 0.6) is 0 Å². The molecular weight excluding hydrogens is 356 g/mol. The van der Waals surface area contributed by atoms with Crippen molar-refractivity contribution in [2.24, 2.45) is 0 Å². The number of rotatable bonds is 5. The first-order chi connectivity index (χ1) is 13.6. The van der Waals surface area contributed by atoms with Crippen molar-refractivity contribution in [3.8, 4) is 0 Å². The van der Waals surface area contributed by atoms with Gasteiger partial charge in [0.2, 0.25) is 0 Å². The van der Waals surface area contributed by atoms with E-state index in [0.29, 0.717) is 31.8 Å². The minimum absolute atomic E-state index is 0.0818. The molecule has 1 aromatic heterocycles. The lowest BCUT2D eigenvalue weighted by molar-refractivity contribution is -0.141. The maximum Gasteiger partial charge on any atom is 0.306 e. The average Bonchev–Trinajstić information content (AvgIpc) is 3.06. The van der Waals surface area contributed by atoms with Gasteiger partial charge in [0.15, 0.2) is 0 Å². The van der Waals surface area contributed by atoms with Gasteiger partial charge in [-0.3, -0.25) is 9.59 Å². The van der Waals surface area contributed by atoms with Gasteiger partial charge in [0.25, 0.3) is 5.91 Å². The van der Waals surface area contributed by atoms with Crippen LogP contribution < -0.4 is 0 Å². The fourth-order valence-corrected chi connectivity index (χ4v) is 3.72. The van der Waals surface area contributed by atoms with E-state index in [1.807, 2.05) is 48.7 Å². The number of carboxylic acids is 1. The van der Waals surface area contributed by atoms with Gasteiger partial charge in [-0.2, -0.15) is 0 Å². The van der Waals surface area contributed by atoms with Crippen LogP contribution in [-0.4, -0.2) is 52.3 Å². The van der Waals surface area contributed by atoms with Crippen molar-refractivity contribution in [3.05, 3.63) is 71.9 Å². The summed E-state index contributed by atoms with van der Waals surface area (Å²) < 4.78 is 7.59. The van der Waals surface area contributed by atoms with Crippen molar-refractivity contribution in [2.45, 2.75) is 19.1 Å². The minimum atomic E-state index is -0.918. The van der Waals surface area contributed by atoms with E-state index >= 15 is 0 Å². The highest BCUT2D eigenvalue weighted by Crippen LogP contribution is 2.25. The van der Waals surface area contributed by atoms with E-state index in [9.17, 15) is 9.59 Å². The van der Waals surface area contributed by atoms with Gasteiger partial charge < -0.3 is 19.3 Å². The van der Waals surface area contributed by atoms with Crippen LogP contribution in [0.1, 0.15) is 22.3 Å². The van der Waals surface area contributed by atoms with Crippen LogP contribution in [0.3, 0.4) is 0 Å². The molecule has 1 atom stereocenters. The number of carbonyl (C=O) groups is 2. The Bertz CT molecular complexity index is 996. The third-order valence-electron chi connectivity index (χ3n) is 5.04. The number of aromatic nitrogens is 1. The first kappa shape index (κ1) is 18.3. The number of benzene rings is 2. The van der Waals surface area contributed by atoms with Crippen LogP contribution in [0.2, 0.25) is 0 Å². The van der Waals surface area contributed by atoms with Gasteiger partial charge in [0, 0.05) is 36.7 Å².